The summed E-state index contributed by atoms with van der Waals surface area (Å²) in [6.45, 7) is 7.77. The number of aliphatic hydroxyl groups is 1. The van der Waals surface area contributed by atoms with Crippen LogP contribution in [0.5, 0.6) is 0 Å². The normalized spacial score (nSPS) is 47.1. The van der Waals surface area contributed by atoms with E-state index >= 15 is 0 Å². The van der Waals surface area contributed by atoms with Crippen LogP contribution in [-0.4, -0.2) is 30.2 Å². The van der Waals surface area contributed by atoms with Gasteiger partial charge in [-0.3, -0.25) is 0 Å². The van der Waals surface area contributed by atoms with E-state index in [1.807, 2.05) is 13.8 Å². The van der Waals surface area contributed by atoms with Crippen molar-refractivity contribution in [3.8, 4) is 0 Å². The summed E-state index contributed by atoms with van der Waals surface area (Å²) in [5.41, 5.74) is 0.558. The van der Waals surface area contributed by atoms with E-state index in [9.17, 15) is 5.11 Å². The molecule has 0 saturated heterocycles. The molecular formula is C20H34O3. The van der Waals surface area contributed by atoms with Gasteiger partial charge in [-0.15, -0.1) is 0 Å². The van der Waals surface area contributed by atoms with E-state index in [0.717, 1.165) is 12.8 Å². The van der Waals surface area contributed by atoms with Crippen LogP contribution in [0.25, 0.3) is 0 Å². The average Bonchev–Trinajstić information content (AvgIpc) is 2.41. The van der Waals surface area contributed by atoms with Gasteiger partial charge in [0.2, 0.25) is 0 Å². The highest BCUT2D eigenvalue weighted by Crippen LogP contribution is 2.80. The largest absolute Gasteiger partial charge is 0.389 e. The summed E-state index contributed by atoms with van der Waals surface area (Å²) < 4.78 is 11.9. The first-order valence-corrected chi connectivity index (χ1v) is 9.86. The Balaban J connectivity index is 1.61. The van der Waals surface area contributed by atoms with Crippen LogP contribution < -0.4 is 0 Å². The van der Waals surface area contributed by atoms with Crippen molar-refractivity contribution in [2.75, 3.05) is 13.2 Å². The minimum atomic E-state index is -0.571. The van der Waals surface area contributed by atoms with E-state index in [0.29, 0.717) is 24.0 Å². The maximum atomic E-state index is 12.0. The SMILES string of the molecule is CCOC(OCC)C1CCC2(CCC2)CC1(O)C12CC(C)(C1)C2. The molecule has 0 radical (unpaired) electrons. The van der Waals surface area contributed by atoms with E-state index < -0.39 is 5.60 Å². The van der Waals surface area contributed by atoms with Gasteiger partial charge >= 0.3 is 0 Å². The number of rotatable bonds is 6. The third-order valence-corrected chi connectivity index (χ3v) is 7.86. The molecule has 2 bridgehead atoms. The Labute approximate surface area is 141 Å². The van der Waals surface area contributed by atoms with Gasteiger partial charge in [0.05, 0.1) is 5.60 Å². The van der Waals surface area contributed by atoms with Crippen LogP contribution >= 0.6 is 0 Å². The first-order chi connectivity index (χ1) is 10.9. The number of hydrogen-bond donors (Lipinski definition) is 1. The minimum absolute atomic E-state index is 0.151. The smallest absolute Gasteiger partial charge is 0.163 e. The lowest BCUT2D eigenvalue weighted by atomic mass is 9.28. The summed E-state index contributed by atoms with van der Waals surface area (Å²) in [6, 6.07) is 0. The zero-order valence-corrected chi connectivity index (χ0v) is 15.2. The first kappa shape index (κ1) is 16.4. The molecule has 5 rings (SSSR count). The Hall–Kier alpha value is -0.120. The summed E-state index contributed by atoms with van der Waals surface area (Å²) in [5, 5.41) is 12.0. The first-order valence-electron chi connectivity index (χ1n) is 9.86. The lowest BCUT2D eigenvalue weighted by Crippen LogP contribution is -2.75. The molecule has 5 fully saturated rings. The van der Waals surface area contributed by atoms with Gasteiger partial charge in [0.15, 0.2) is 6.29 Å². The molecule has 23 heavy (non-hydrogen) atoms. The van der Waals surface area contributed by atoms with Crippen LogP contribution in [0.3, 0.4) is 0 Å². The maximum absolute atomic E-state index is 12.0. The predicted octanol–water partition coefficient (Wildman–Crippen LogP) is 4.28. The molecule has 0 amide bonds. The second-order valence-corrected chi connectivity index (χ2v) is 9.50. The monoisotopic (exact) mass is 322 g/mol. The van der Waals surface area contributed by atoms with Crippen molar-refractivity contribution in [2.45, 2.75) is 90.4 Å². The van der Waals surface area contributed by atoms with Crippen molar-refractivity contribution < 1.29 is 14.6 Å². The summed E-state index contributed by atoms with van der Waals surface area (Å²) in [6.07, 6.45) is 10.7. The molecule has 2 atom stereocenters. The van der Waals surface area contributed by atoms with E-state index in [-0.39, 0.29) is 17.6 Å². The molecule has 5 aliphatic rings. The van der Waals surface area contributed by atoms with Gasteiger partial charge < -0.3 is 14.6 Å². The molecule has 5 aliphatic carbocycles. The third-order valence-electron chi connectivity index (χ3n) is 7.86. The summed E-state index contributed by atoms with van der Waals surface area (Å²) in [7, 11) is 0. The van der Waals surface area contributed by atoms with Crippen molar-refractivity contribution in [1.29, 1.82) is 0 Å². The van der Waals surface area contributed by atoms with Crippen molar-refractivity contribution in [2.24, 2.45) is 22.2 Å². The van der Waals surface area contributed by atoms with Crippen LogP contribution in [0.2, 0.25) is 0 Å². The van der Waals surface area contributed by atoms with Crippen LogP contribution in [-0.2, 0) is 9.47 Å². The van der Waals surface area contributed by atoms with E-state index in [2.05, 4.69) is 6.92 Å². The fraction of sp³-hybridized carbons (Fsp3) is 1.00. The molecule has 3 nitrogen and oxygen atoms in total. The molecule has 1 spiro atoms. The second kappa shape index (κ2) is 5.19. The van der Waals surface area contributed by atoms with E-state index in [4.69, 9.17) is 9.47 Å². The van der Waals surface area contributed by atoms with Gasteiger partial charge in [-0.2, -0.15) is 0 Å². The van der Waals surface area contributed by atoms with Crippen LogP contribution in [0.1, 0.15) is 78.6 Å². The molecule has 132 valence electrons. The van der Waals surface area contributed by atoms with Gasteiger partial charge in [-0.1, -0.05) is 13.3 Å². The minimum Gasteiger partial charge on any atom is -0.389 e. The average molecular weight is 322 g/mol. The third kappa shape index (κ3) is 2.19. The number of hydrogen-bond acceptors (Lipinski definition) is 3. The van der Waals surface area contributed by atoms with Crippen molar-refractivity contribution in [3.05, 3.63) is 0 Å². The molecule has 0 aliphatic heterocycles. The van der Waals surface area contributed by atoms with Gasteiger partial charge in [-0.05, 0) is 76.0 Å². The summed E-state index contributed by atoms with van der Waals surface area (Å²) in [4.78, 5) is 0. The highest BCUT2D eigenvalue weighted by Gasteiger charge is 2.76. The lowest BCUT2D eigenvalue weighted by Gasteiger charge is -2.78. The Morgan fingerprint density at radius 1 is 1.00 bits per heavy atom. The quantitative estimate of drug-likeness (QED) is 0.742. The Morgan fingerprint density at radius 3 is 2.04 bits per heavy atom. The van der Waals surface area contributed by atoms with Crippen LogP contribution in [0.4, 0.5) is 0 Å². The molecule has 0 heterocycles. The van der Waals surface area contributed by atoms with Crippen LogP contribution in [0.15, 0.2) is 0 Å². The number of ether oxygens (including phenoxy) is 2. The molecule has 0 aromatic carbocycles. The Bertz CT molecular complexity index is 444. The molecule has 0 aromatic rings. The maximum Gasteiger partial charge on any atom is 0.163 e. The molecule has 2 unspecified atom stereocenters. The fourth-order valence-corrected chi connectivity index (χ4v) is 6.90. The van der Waals surface area contributed by atoms with Crippen molar-refractivity contribution in [1.82, 2.24) is 0 Å². The van der Waals surface area contributed by atoms with E-state index in [1.165, 1.54) is 44.9 Å². The molecular weight excluding hydrogens is 288 g/mol. The highest BCUT2D eigenvalue weighted by molar-refractivity contribution is 5.26. The second-order valence-electron chi connectivity index (χ2n) is 9.50. The standard InChI is InChI=1S/C20H34O3/c1-4-22-16(23-5-2)15-7-10-18(8-6-9-18)14-20(15,21)19-11-17(3,12-19)13-19/h15-16,21H,4-14H2,1-3H3. The van der Waals surface area contributed by atoms with Gasteiger partial charge in [0, 0.05) is 24.5 Å². The van der Waals surface area contributed by atoms with Crippen molar-refractivity contribution >= 4 is 0 Å². The van der Waals surface area contributed by atoms with Gasteiger partial charge in [0.25, 0.3) is 0 Å². The molecule has 1 N–H and O–H groups in total. The van der Waals surface area contributed by atoms with Gasteiger partial charge in [0.1, 0.15) is 0 Å². The lowest BCUT2D eigenvalue weighted by molar-refractivity contribution is -0.350. The van der Waals surface area contributed by atoms with E-state index in [1.54, 1.807) is 0 Å². The molecule has 5 saturated carbocycles. The Kier molecular flexibility index (Phi) is 3.69. The summed E-state index contributed by atoms with van der Waals surface area (Å²) >= 11 is 0. The molecule has 3 heteroatoms. The highest BCUT2D eigenvalue weighted by atomic mass is 16.7. The zero-order chi connectivity index (χ0) is 16.3. The molecule has 0 aromatic heterocycles. The van der Waals surface area contributed by atoms with Crippen LogP contribution in [0, 0.1) is 22.2 Å². The fourth-order valence-electron chi connectivity index (χ4n) is 6.90. The predicted molar refractivity (Wildman–Crippen MR) is 90.0 cm³/mol. The summed E-state index contributed by atoms with van der Waals surface area (Å²) in [5.74, 6) is 0.151. The van der Waals surface area contributed by atoms with Crippen molar-refractivity contribution in [3.63, 3.8) is 0 Å². The van der Waals surface area contributed by atoms with Gasteiger partial charge in [-0.25, -0.2) is 0 Å². The topological polar surface area (TPSA) is 38.7 Å². The Morgan fingerprint density at radius 2 is 1.61 bits per heavy atom. The zero-order valence-electron chi connectivity index (χ0n) is 15.2.